The Morgan fingerprint density at radius 2 is 2.07 bits per heavy atom. The molecule has 4 aliphatic carbocycles. The van der Waals surface area contributed by atoms with Crippen LogP contribution < -0.4 is 0 Å². The van der Waals surface area contributed by atoms with E-state index in [1.54, 1.807) is 12.2 Å². The summed E-state index contributed by atoms with van der Waals surface area (Å²) >= 11 is 0. The monoisotopic (exact) mass is 382 g/mol. The third-order valence-corrected chi connectivity index (χ3v) is 8.22. The predicted molar refractivity (Wildman–Crippen MR) is 101 cm³/mol. The van der Waals surface area contributed by atoms with E-state index in [4.69, 9.17) is 9.47 Å². The summed E-state index contributed by atoms with van der Waals surface area (Å²) in [5, 5.41) is 0. The third-order valence-electron chi connectivity index (χ3n) is 8.22. The second-order valence-corrected chi connectivity index (χ2v) is 9.44. The van der Waals surface area contributed by atoms with E-state index in [9.17, 15) is 14.4 Å². The van der Waals surface area contributed by atoms with Crippen molar-refractivity contribution in [3.05, 3.63) is 35.5 Å². The number of hydrogen-bond donors (Lipinski definition) is 0. The van der Waals surface area contributed by atoms with E-state index in [1.807, 2.05) is 0 Å². The summed E-state index contributed by atoms with van der Waals surface area (Å²) in [4.78, 5) is 35.8. The van der Waals surface area contributed by atoms with Crippen molar-refractivity contribution >= 4 is 17.5 Å². The van der Waals surface area contributed by atoms with Crippen LogP contribution in [0.1, 0.15) is 46.5 Å². The van der Waals surface area contributed by atoms with Gasteiger partial charge in [-0.1, -0.05) is 24.6 Å². The van der Waals surface area contributed by atoms with Crippen LogP contribution in [-0.4, -0.2) is 35.8 Å². The average molecular weight is 382 g/mol. The number of esters is 1. The van der Waals surface area contributed by atoms with E-state index in [2.05, 4.69) is 26.0 Å². The molecular weight excluding hydrogens is 356 g/mol. The number of allylic oxidation sites excluding steroid dienone is 3. The molecule has 3 fully saturated rings. The standard InChI is InChI=1S/C23H26O5/c1-13(24)27-12-19(26)18-7-6-16-17-5-4-14-10-15(25)8-9-22(14,3)23(17)20(28-23)11-21(16,18)2/h7-10,16-17,20H,4-6,11-12H2,1-3H3/t16-,17-,20+,21-,22-,23-/m0/s1. The molecule has 0 amide bonds. The van der Waals surface area contributed by atoms with Crippen LogP contribution in [0.25, 0.3) is 0 Å². The SMILES string of the molecule is CC(=O)OCC(=O)C1=CC[C@H]2[C@@H]3CCC4=CC(=O)C=C[C@]4(C)[C@]34O[C@@H]4C[C@]12C. The zero-order valence-corrected chi connectivity index (χ0v) is 16.6. The molecule has 6 atom stereocenters. The lowest BCUT2D eigenvalue weighted by atomic mass is 9.47. The molecular formula is C23H26O5. The minimum Gasteiger partial charge on any atom is -0.457 e. The summed E-state index contributed by atoms with van der Waals surface area (Å²) in [7, 11) is 0. The largest absolute Gasteiger partial charge is 0.457 e. The number of ketones is 2. The van der Waals surface area contributed by atoms with E-state index in [1.165, 1.54) is 12.5 Å². The lowest BCUT2D eigenvalue weighted by Crippen LogP contribution is -2.56. The Balaban J connectivity index is 1.46. The number of carbonyl (C=O) groups is 3. The van der Waals surface area contributed by atoms with Crippen molar-refractivity contribution in [2.24, 2.45) is 22.7 Å². The first kappa shape index (κ1) is 18.0. The second kappa shape index (κ2) is 5.53. The van der Waals surface area contributed by atoms with Gasteiger partial charge in [0, 0.05) is 23.3 Å². The molecule has 0 N–H and O–H groups in total. The van der Waals surface area contributed by atoms with Crippen molar-refractivity contribution in [3.63, 3.8) is 0 Å². The molecule has 148 valence electrons. The maximum absolute atomic E-state index is 12.8. The minimum atomic E-state index is -0.431. The molecule has 5 rings (SSSR count). The maximum Gasteiger partial charge on any atom is 0.303 e. The van der Waals surface area contributed by atoms with Crippen LogP contribution in [0.15, 0.2) is 35.5 Å². The van der Waals surface area contributed by atoms with Crippen molar-refractivity contribution < 1.29 is 23.9 Å². The van der Waals surface area contributed by atoms with Gasteiger partial charge in [-0.15, -0.1) is 0 Å². The number of fused-ring (bicyclic) bond motifs is 3. The van der Waals surface area contributed by atoms with Gasteiger partial charge in [0.2, 0.25) is 0 Å². The number of carbonyl (C=O) groups excluding carboxylic acids is 3. The average Bonchev–Trinajstić information content (AvgIpc) is 3.25. The van der Waals surface area contributed by atoms with E-state index >= 15 is 0 Å². The highest BCUT2D eigenvalue weighted by atomic mass is 16.6. The zero-order valence-electron chi connectivity index (χ0n) is 16.6. The Kier molecular flexibility index (Phi) is 3.57. The molecule has 0 aromatic rings. The second-order valence-electron chi connectivity index (χ2n) is 9.44. The van der Waals surface area contributed by atoms with Gasteiger partial charge < -0.3 is 9.47 Å². The van der Waals surface area contributed by atoms with Gasteiger partial charge in [0.25, 0.3) is 0 Å². The summed E-state index contributed by atoms with van der Waals surface area (Å²) in [6.07, 6.45) is 11.3. The summed E-state index contributed by atoms with van der Waals surface area (Å²) < 4.78 is 11.4. The minimum absolute atomic E-state index is 0.0704. The molecule has 0 radical (unpaired) electrons. The van der Waals surface area contributed by atoms with Gasteiger partial charge in [-0.3, -0.25) is 14.4 Å². The summed E-state index contributed by atoms with van der Waals surface area (Å²) in [5.74, 6) is 0.249. The van der Waals surface area contributed by atoms with Crippen molar-refractivity contribution in [3.8, 4) is 0 Å². The van der Waals surface area contributed by atoms with Gasteiger partial charge in [0.05, 0.1) is 6.10 Å². The molecule has 28 heavy (non-hydrogen) atoms. The van der Waals surface area contributed by atoms with E-state index < -0.39 is 5.97 Å². The predicted octanol–water partition coefficient (Wildman–Crippen LogP) is 3.09. The molecule has 1 saturated heterocycles. The Morgan fingerprint density at radius 3 is 2.82 bits per heavy atom. The Hall–Kier alpha value is -2.01. The normalized spacial score (nSPS) is 45.1. The molecule has 0 unspecified atom stereocenters. The highest BCUT2D eigenvalue weighted by Gasteiger charge is 2.78. The highest BCUT2D eigenvalue weighted by molar-refractivity contribution is 6.01. The molecule has 0 bridgehead atoms. The number of hydrogen-bond acceptors (Lipinski definition) is 5. The first-order valence-corrected chi connectivity index (χ1v) is 10.2. The van der Waals surface area contributed by atoms with Crippen LogP contribution >= 0.6 is 0 Å². The summed E-state index contributed by atoms with van der Waals surface area (Å²) in [5.41, 5.74) is 1.28. The molecule has 1 heterocycles. The van der Waals surface area contributed by atoms with Crippen LogP contribution in [0.4, 0.5) is 0 Å². The van der Waals surface area contributed by atoms with Crippen LogP contribution in [-0.2, 0) is 23.9 Å². The summed E-state index contributed by atoms with van der Waals surface area (Å²) in [6.45, 7) is 5.54. The number of epoxide rings is 1. The molecule has 5 aliphatic rings. The van der Waals surface area contributed by atoms with Crippen LogP contribution in [0.5, 0.6) is 0 Å². The molecule has 1 aliphatic heterocycles. The zero-order chi connectivity index (χ0) is 19.9. The quantitative estimate of drug-likeness (QED) is 0.554. The van der Waals surface area contributed by atoms with Gasteiger partial charge in [-0.25, -0.2) is 0 Å². The Bertz CT molecular complexity index is 895. The van der Waals surface area contributed by atoms with Crippen LogP contribution in [0.2, 0.25) is 0 Å². The van der Waals surface area contributed by atoms with Crippen LogP contribution in [0, 0.1) is 22.7 Å². The van der Waals surface area contributed by atoms with Gasteiger partial charge >= 0.3 is 5.97 Å². The molecule has 5 nitrogen and oxygen atoms in total. The van der Waals surface area contributed by atoms with Gasteiger partial charge in [-0.2, -0.15) is 0 Å². The molecule has 0 aromatic heterocycles. The molecule has 0 aromatic carbocycles. The highest BCUT2D eigenvalue weighted by Crippen LogP contribution is 2.74. The molecule has 2 saturated carbocycles. The molecule has 1 spiro atoms. The fourth-order valence-electron chi connectivity index (χ4n) is 6.90. The first-order chi connectivity index (χ1) is 13.2. The Morgan fingerprint density at radius 1 is 1.29 bits per heavy atom. The lowest BCUT2D eigenvalue weighted by Gasteiger charge is -2.54. The number of rotatable bonds is 3. The van der Waals surface area contributed by atoms with E-state index in [0.717, 1.165) is 31.3 Å². The van der Waals surface area contributed by atoms with E-state index in [0.29, 0.717) is 11.8 Å². The molecule has 5 heteroatoms. The van der Waals surface area contributed by atoms with Crippen molar-refractivity contribution in [1.29, 1.82) is 0 Å². The fourth-order valence-corrected chi connectivity index (χ4v) is 6.90. The van der Waals surface area contributed by atoms with E-state index in [-0.39, 0.29) is 40.7 Å². The summed E-state index contributed by atoms with van der Waals surface area (Å²) in [6, 6.07) is 0. The maximum atomic E-state index is 12.8. The Labute approximate surface area is 164 Å². The lowest BCUT2D eigenvalue weighted by molar-refractivity contribution is -0.145. The van der Waals surface area contributed by atoms with Crippen molar-refractivity contribution in [2.75, 3.05) is 6.61 Å². The number of ether oxygens (including phenoxy) is 2. The third kappa shape index (κ3) is 2.08. The van der Waals surface area contributed by atoms with Gasteiger partial charge in [0.15, 0.2) is 18.2 Å². The first-order valence-electron chi connectivity index (χ1n) is 10.2. The van der Waals surface area contributed by atoms with Gasteiger partial charge in [0.1, 0.15) is 5.60 Å². The van der Waals surface area contributed by atoms with Crippen LogP contribution in [0.3, 0.4) is 0 Å². The smallest absolute Gasteiger partial charge is 0.303 e. The van der Waals surface area contributed by atoms with Gasteiger partial charge in [-0.05, 0) is 56.6 Å². The number of Topliss-reactive ketones (excluding diaryl/α,β-unsaturated/α-hetero) is 1. The van der Waals surface area contributed by atoms with Crippen molar-refractivity contribution in [2.45, 2.75) is 58.2 Å². The topological polar surface area (TPSA) is 73.0 Å². The van der Waals surface area contributed by atoms with Crippen molar-refractivity contribution in [1.82, 2.24) is 0 Å². The fraction of sp³-hybridized carbons (Fsp3) is 0.609.